The standard InChI is InChI=1S/C14H23BrN2/c1-4-6-9-17(12(3)5-2)14-8-7-13(10-15)11-16-14/h7-8,11-12H,4-6,9-10H2,1-3H3. The fourth-order valence-corrected chi connectivity index (χ4v) is 2.11. The lowest BCUT2D eigenvalue weighted by Gasteiger charge is -2.29. The van der Waals surface area contributed by atoms with E-state index in [1.54, 1.807) is 0 Å². The van der Waals surface area contributed by atoms with Gasteiger partial charge in [0.25, 0.3) is 0 Å². The van der Waals surface area contributed by atoms with Gasteiger partial charge in [0.15, 0.2) is 0 Å². The molecule has 0 saturated carbocycles. The molecule has 0 saturated heterocycles. The number of halogens is 1. The van der Waals surface area contributed by atoms with Crippen molar-refractivity contribution in [2.24, 2.45) is 0 Å². The van der Waals surface area contributed by atoms with Crippen LogP contribution in [0.1, 0.15) is 45.6 Å². The van der Waals surface area contributed by atoms with E-state index in [9.17, 15) is 0 Å². The van der Waals surface area contributed by atoms with Crippen molar-refractivity contribution in [2.45, 2.75) is 51.4 Å². The molecule has 2 nitrogen and oxygen atoms in total. The normalized spacial score (nSPS) is 12.5. The number of pyridine rings is 1. The molecule has 1 heterocycles. The predicted octanol–water partition coefficient (Wildman–Crippen LogP) is 4.38. The first kappa shape index (κ1) is 14.5. The Hall–Kier alpha value is -0.570. The topological polar surface area (TPSA) is 16.1 Å². The molecule has 17 heavy (non-hydrogen) atoms. The largest absolute Gasteiger partial charge is 0.354 e. The number of alkyl halides is 1. The molecule has 1 rings (SSSR count). The third-order valence-corrected chi connectivity index (χ3v) is 3.78. The second-order valence-corrected chi connectivity index (χ2v) is 5.02. The monoisotopic (exact) mass is 298 g/mol. The number of aromatic nitrogens is 1. The van der Waals surface area contributed by atoms with Crippen LogP contribution in [0.25, 0.3) is 0 Å². The molecule has 0 radical (unpaired) electrons. The van der Waals surface area contributed by atoms with E-state index in [4.69, 9.17) is 0 Å². The van der Waals surface area contributed by atoms with Gasteiger partial charge in [0.2, 0.25) is 0 Å². The summed E-state index contributed by atoms with van der Waals surface area (Å²) >= 11 is 3.45. The molecule has 3 heteroatoms. The molecular formula is C14H23BrN2. The van der Waals surface area contributed by atoms with Crippen LogP contribution in [0.15, 0.2) is 18.3 Å². The quantitative estimate of drug-likeness (QED) is 0.695. The highest BCUT2D eigenvalue weighted by Gasteiger charge is 2.13. The minimum atomic E-state index is 0.559. The molecule has 0 aliphatic rings. The summed E-state index contributed by atoms with van der Waals surface area (Å²) in [6.45, 7) is 7.84. The highest BCUT2D eigenvalue weighted by molar-refractivity contribution is 9.08. The molecule has 1 aromatic rings. The van der Waals surface area contributed by atoms with Crippen molar-refractivity contribution in [1.29, 1.82) is 0 Å². The van der Waals surface area contributed by atoms with Gasteiger partial charge >= 0.3 is 0 Å². The van der Waals surface area contributed by atoms with Crippen molar-refractivity contribution in [2.75, 3.05) is 11.4 Å². The highest BCUT2D eigenvalue weighted by Crippen LogP contribution is 2.18. The summed E-state index contributed by atoms with van der Waals surface area (Å²) in [6, 6.07) is 4.85. The Morgan fingerprint density at radius 3 is 2.59 bits per heavy atom. The van der Waals surface area contributed by atoms with Gasteiger partial charge in [-0.25, -0.2) is 4.98 Å². The predicted molar refractivity (Wildman–Crippen MR) is 78.9 cm³/mol. The number of unbranched alkanes of at least 4 members (excludes halogenated alkanes) is 1. The maximum atomic E-state index is 4.57. The summed E-state index contributed by atoms with van der Waals surface area (Å²) in [4.78, 5) is 6.99. The van der Waals surface area contributed by atoms with Gasteiger partial charge in [-0.3, -0.25) is 0 Å². The van der Waals surface area contributed by atoms with E-state index in [0.717, 1.165) is 24.1 Å². The summed E-state index contributed by atoms with van der Waals surface area (Å²) in [5, 5.41) is 0.874. The molecule has 0 spiro atoms. The molecule has 0 fully saturated rings. The Labute approximate surface area is 114 Å². The highest BCUT2D eigenvalue weighted by atomic mass is 79.9. The van der Waals surface area contributed by atoms with E-state index in [1.165, 1.54) is 18.4 Å². The Morgan fingerprint density at radius 1 is 1.35 bits per heavy atom. The molecular weight excluding hydrogens is 276 g/mol. The second-order valence-electron chi connectivity index (χ2n) is 4.46. The van der Waals surface area contributed by atoms with Crippen LogP contribution < -0.4 is 4.90 Å². The van der Waals surface area contributed by atoms with Gasteiger partial charge in [0.1, 0.15) is 5.82 Å². The minimum absolute atomic E-state index is 0.559. The molecule has 96 valence electrons. The van der Waals surface area contributed by atoms with Crippen molar-refractivity contribution in [1.82, 2.24) is 4.98 Å². The average molecular weight is 299 g/mol. The third kappa shape index (κ3) is 4.30. The van der Waals surface area contributed by atoms with Crippen LogP contribution >= 0.6 is 15.9 Å². The summed E-state index contributed by atoms with van der Waals surface area (Å²) in [6.07, 6.45) is 5.58. The average Bonchev–Trinajstić information content (AvgIpc) is 2.39. The van der Waals surface area contributed by atoms with Gasteiger partial charge in [-0.2, -0.15) is 0 Å². The second kappa shape index (κ2) is 7.70. The van der Waals surface area contributed by atoms with E-state index in [1.807, 2.05) is 6.20 Å². The van der Waals surface area contributed by atoms with E-state index >= 15 is 0 Å². The number of nitrogens with zero attached hydrogens (tertiary/aromatic N) is 2. The molecule has 1 atom stereocenters. The van der Waals surface area contributed by atoms with Crippen LogP contribution in [0.4, 0.5) is 5.82 Å². The summed E-state index contributed by atoms with van der Waals surface area (Å²) in [5.41, 5.74) is 1.23. The fraction of sp³-hybridized carbons (Fsp3) is 0.643. The molecule has 0 aliphatic heterocycles. The van der Waals surface area contributed by atoms with Crippen LogP contribution in [0.3, 0.4) is 0 Å². The Kier molecular flexibility index (Phi) is 6.56. The first-order valence-electron chi connectivity index (χ1n) is 6.50. The number of rotatable bonds is 7. The zero-order valence-electron chi connectivity index (χ0n) is 11.1. The number of hydrogen-bond donors (Lipinski definition) is 0. The van der Waals surface area contributed by atoms with Gasteiger partial charge in [0, 0.05) is 24.1 Å². The number of anilines is 1. The van der Waals surface area contributed by atoms with Gasteiger partial charge in [-0.05, 0) is 31.4 Å². The first-order chi connectivity index (χ1) is 8.22. The van der Waals surface area contributed by atoms with Gasteiger partial charge in [0.05, 0.1) is 0 Å². The van der Waals surface area contributed by atoms with Gasteiger partial charge in [-0.15, -0.1) is 0 Å². The third-order valence-electron chi connectivity index (χ3n) is 3.13. The first-order valence-corrected chi connectivity index (χ1v) is 7.62. The maximum Gasteiger partial charge on any atom is 0.128 e. The molecule has 0 aliphatic carbocycles. The van der Waals surface area contributed by atoms with Gasteiger partial charge in [-0.1, -0.05) is 42.3 Å². The number of hydrogen-bond acceptors (Lipinski definition) is 2. The molecule has 0 amide bonds. The fourth-order valence-electron chi connectivity index (χ4n) is 1.78. The Bertz CT molecular complexity index is 311. The smallest absolute Gasteiger partial charge is 0.128 e. The van der Waals surface area contributed by atoms with Crippen molar-refractivity contribution >= 4 is 21.7 Å². The van der Waals surface area contributed by atoms with Crippen molar-refractivity contribution < 1.29 is 0 Å². The zero-order chi connectivity index (χ0) is 12.7. The van der Waals surface area contributed by atoms with Crippen molar-refractivity contribution in [3.63, 3.8) is 0 Å². The molecule has 1 aromatic heterocycles. The van der Waals surface area contributed by atoms with Crippen molar-refractivity contribution in [3.8, 4) is 0 Å². The van der Waals surface area contributed by atoms with E-state index < -0.39 is 0 Å². The van der Waals surface area contributed by atoms with E-state index in [2.05, 4.69) is 58.7 Å². The lowest BCUT2D eigenvalue weighted by molar-refractivity contribution is 0.589. The molecule has 1 unspecified atom stereocenters. The SMILES string of the molecule is CCCCN(c1ccc(CBr)cn1)C(C)CC. The minimum Gasteiger partial charge on any atom is -0.354 e. The zero-order valence-corrected chi connectivity index (χ0v) is 12.7. The Morgan fingerprint density at radius 2 is 2.12 bits per heavy atom. The van der Waals surface area contributed by atoms with Crippen LogP contribution in [0, 0.1) is 0 Å². The van der Waals surface area contributed by atoms with Gasteiger partial charge < -0.3 is 4.90 Å². The molecule has 0 N–H and O–H groups in total. The van der Waals surface area contributed by atoms with Crippen LogP contribution in [0.2, 0.25) is 0 Å². The van der Waals surface area contributed by atoms with Crippen molar-refractivity contribution in [3.05, 3.63) is 23.9 Å². The lowest BCUT2D eigenvalue weighted by Crippen LogP contribution is -2.34. The molecule has 0 aromatic carbocycles. The summed E-state index contributed by atoms with van der Waals surface area (Å²) < 4.78 is 0. The van der Waals surface area contributed by atoms with E-state index in [0.29, 0.717) is 6.04 Å². The molecule has 0 bridgehead atoms. The van der Waals surface area contributed by atoms with Crippen LogP contribution in [-0.4, -0.2) is 17.6 Å². The Balaban J connectivity index is 2.79. The summed E-state index contributed by atoms with van der Waals surface area (Å²) in [7, 11) is 0. The lowest BCUT2D eigenvalue weighted by atomic mass is 10.2. The van der Waals surface area contributed by atoms with Crippen LogP contribution in [0.5, 0.6) is 0 Å². The van der Waals surface area contributed by atoms with Crippen LogP contribution in [-0.2, 0) is 5.33 Å². The van der Waals surface area contributed by atoms with E-state index in [-0.39, 0.29) is 0 Å². The summed E-state index contributed by atoms with van der Waals surface area (Å²) in [5.74, 6) is 1.11. The maximum absolute atomic E-state index is 4.57.